The predicted molar refractivity (Wildman–Crippen MR) is 127 cm³/mol. The van der Waals surface area contributed by atoms with Crippen LogP contribution in [0.1, 0.15) is 23.1 Å². The minimum Gasteiger partial charge on any atom is -0.495 e. The van der Waals surface area contributed by atoms with Crippen LogP contribution in [0.15, 0.2) is 35.2 Å². The fourth-order valence-electron chi connectivity index (χ4n) is 4.76. The molecule has 1 N–H and O–H groups in total. The van der Waals surface area contributed by atoms with E-state index in [1.807, 2.05) is 0 Å². The molecule has 2 aliphatic rings. The standard InChI is InChI=1S/C23H30N4O5S/c1-16-4-8-21(26-12-10-25(2)11-13-26)20-14-17(5-7-19(16)20)24-33(30,31)23-9-6-18(27(28)29)15-22(23)32-3/h4,6,8-9,15,17,24H,5,7,10-14H2,1-3H3/t17-/m1/s1. The molecule has 10 heteroatoms. The van der Waals surface area contributed by atoms with Crippen molar-refractivity contribution in [1.29, 1.82) is 0 Å². The van der Waals surface area contributed by atoms with Crippen molar-refractivity contribution in [1.82, 2.24) is 9.62 Å². The molecule has 0 radical (unpaired) electrons. The van der Waals surface area contributed by atoms with Crippen LogP contribution < -0.4 is 14.4 Å². The molecule has 1 fully saturated rings. The van der Waals surface area contributed by atoms with Crippen molar-refractivity contribution in [2.75, 3.05) is 45.2 Å². The summed E-state index contributed by atoms with van der Waals surface area (Å²) in [4.78, 5) is 15.1. The molecule has 1 saturated heterocycles. The van der Waals surface area contributed by atoms with E-state index in [9.17, 15) is 18.5 Å². The van der Waals surface area contributed by atoms with E-state index in [0.29, 0.717) is 12.8 Å². The topological polar surface area (TPSA) is 105 Å². The quantitative estimate of drug-likeness (QED) is 0.507. The van der Waals surface area contributed by atoms with E-state index < -0.39 is 14.9 Å². The summed E-state index contributed by atoms with van der Waals surface area (Å²) in [5.41, 5.74) is 4.75. The number of hydrogen-bond donors (Lipinski definition) is 1. The summed E-state index contributed by atoms with van der Waals surface area (Å²) in [6, 6.07) is 7.61. The van der Waals surface area contributed by atoms with Crippen molar-refractivity contribution in [3.05, 3.63) is 57.1 Å². The van der Waals surface area contributed by atoms with Crippen molar-refractivity contribution < 1.29 is 18.1 Å². The number of likely N-dealkylation sites (N-methyl/N-ethyl adjacent to an activating group) is 1. The Balaban J connectivity index is 1.59. The lowest BCUT2D eigenvalue weighted by molar-refractivity contribution is -0.385. The Morgan fingerprint density at radius 1 is 1.12 bits per heavy atom. The largest absolute Gasteiger partial charge is 0.495 e. The number of ether oxygens (including phenoxy) is 1. The molecule has 1 aliphatic carbocycles. The summed E-state index contributed by atoms with van der Waals surface area (Å²) in [5, 5.41) is 11.0. The fourth-order valence-corrected chi connectivity index (χ4v) is 6.18. The molecule has 2 aromatic carbocycles. The van der Waals surface area contributed by atoms with E-state index in [-0.39, 0.29) is 22.4 Å². The Bertz CT molecular complexity index is 1160. The van der Waals surface area contributed by atoms with Gasteiger partial charge in [-0.05, 0) is 62.1 Å². The molecule has 1 aliphatic heterocycles. The van der Waals surface area contributed by atoms with Gasteiger partial charge in [0.25, 0.3) is 5.69 Å². The Kier molecular flexibility index (Phi) is 6.60. The molecule has 0 unspecified atom stereocenters. The fraction of sp³-hybridized carbons (Fsp3) is 0.478. The number of fused-ring (bicyclic) bond motifs is 1. The highest BCUT2D eigenvalue weighted by molar-refractivity contribution is 7.89. The van der Waals surface area contributed by atoms with Crippen molar-refractivity contribution >= 4 is 21.4 Å². The summed E-state index contributed by atoms with van der Waals surface area (Å²) in [6.07, 6.45) is 2.09. The number of rotatable bonds is 6. The molecule has 0 aromatic heterocycles. The van der Waals surface area contributed by atoms with Gasteiger partial charge < -0.3 is 14.5 Å². The van der Waals surface area contributed by atoms with Crippen LogP contribution in [0.4, 0.5) is 11.4 Å². The molecule has 1 atom stereocenters. The van der Waals surface area contributed by atoms with Gasteiger partial charge in [-0.25, -0.2) is 13.1 Å². The van der Waals surface area contributed by atoms with E-state index in [0.717, 1.165) is 38.7 Å². The minimum absolute atomic E-state index is 0.0399. The predicted octanol–water partition coefficient (Wildman–Crippen LogP) is 2.50. The first kappa shape index (κ1) is 23.5. The zero-order chi connectivity index (χ0) is 23.8. The van der Waals surface area contributed by atoms with Crippen molar-refractivity contribution in [3.8, 4) is 5.75 Å². The molecule has 0 saturated carbocycles. The number of nitro benzene ring substituents is 1. The van der Waals surface area contributed by atoms with Crippen LogP contribution in [0.5, 0.6) is 5.75 Å². The first-order valence-corrected chi connectivity index (χ1v) is 12.6. The SMILES string of the molecule is COc1cc([N+](=O)[O-])ccc1S(=O)(=O)N[C@@H]1CCc2c(C)ccc(N3CCN(C)CC3)c2C1. The molecule has 2 aromatic rings. The molecule has 178 valence electrons. The lowest BCUT2D eigenvalue weighted by atomic mass is 9.84. The number of piperazine rings is 1. The van der Waals surface area contributed by atoms with Crippen LogP contribution in [0.2, 0.25) is 0 Å². The monoisotopic (exact) mass is 474 g/mol. The van der Waals surface area contributed by atoms with E-state index in [4.69, 9.17) is 4.74 Å². The maximum Gasteiger partial charge on any atom is 0.273 e. The summed E-state index contributed by atoms with van der Waals surface area (Å²) in [6.45, 7) is 6.00. The van der Waals surface area contributed by atoms with E-state index in [1.54, 1.807) is 0 Å². The average Bonchev–Trinajstić information content (AvgIpc) is 2.79. The van der Waals surface area contributed by atoms with Crippen molar-refractivity contribution in [2.24, 2.45) is 0 Å². The maximum atomic E-state index is 13.2. The van der Waals surface area contributed by atoms with Gasteiger partial charge in [0.05, 0.1) is 18.1 Å². The van der Waals surface area contributed by atoms with Crippen molar-refractivity contribution in [3.63, 3.8) is 0 Å². The Morgan fingerprint density at radius 2 is 1.85 bits per heavy atom. The molecule has 4 rings (SSSR count). The highest BCUT2D eigenvalue weighted by atomic mass is 32.2. The van der Waals surface area contributed by atoms with Gasteiger partial charge in [-0.2, -0.15) is 0 Å². The molecule has 0 spiro atoms. The zero-order valence-electron chi connectivity index (χ0n) is 19.2. The Morgan fingerprint density at radius 3 is 2.52 bits per heavy atom. The van der Waals surface area contributed by atoms with Crippen LogP contribution in [0, 0.1) is 17.0 Å². The number of nitrogens with one attached hydrogen (secondary N) is 1. The molecular weight excluding hydrogens is 444 g/mol. The highest BCUT2D eigenvalue weighted by Crippen LogP contribution is 2.35. The van der Waals surface area contributed by atoms with E-state index in [2.05, 4.69) is 40.6 Å². The lowest BCUT2D eigenvalue weighted by Gasteiger charge is -2.37. The van der Waals surface area contributed by atoms with Gasteiger partial charge in [-0.3, -0.25) is 10.1 Å². The molecule has 9 nitrogen and oxygen atoms in total. The summed E-state index contributed by atoms with van der Waals surface area (Å²) < 4.78 is 34.4. The van der Waals surface area contributed by atoms with Gasteiger partial charge in [0, 0.05) is 44.0 Å². The van der Waals surface area contributed by atoms with Gasteiger partial charge in [0.1, 0.15) is 10.6 Å². The number of non-ortho nitro benzene ring substituents is 1. The number of methoxy groups -OCH3 is 1. The number of aryl methyl sites for hydroxylation is 1. The smallest absolute Gasteiger partial charge is 0.273 e. The van der Waals surface area contributed by atoms with Crippen LogP contribution in [-0.4, -0.2) is 64.6 Å². The minimum atomic E-state index is -3.92. The molecule has 1 heterocycles. The summed E-state index contributed by atoms with van der Waals surface area (Å²) in [5.74, 6) is -0.0399. The molecular formula is C23H30N4O5S. The van der Waals surface area contributed by atoms with E-state index in [1.165, 1.54) is 41.6 Å². The third-order valence-electron chi connectivity index (χ3n) is 6.65. The number of nitro groups is 1. The number of benzene rings is 2. The second kappa shape index (κ2) is 9.28. The van der Waals surface area contributed by atoms with Crippen LogP contribution in [0.3, 0.4) is 0 Å². The first-order chi connectivity index (χ1) is 15.7. The third-order valence-corrected chi connectivity index (χ3v) is 8.21. The Hall–Kier alpha value is -2.69. The first-order valence-electron chi connectivity index (χ1n) is 11.1. The Labute approximate surface area is 194 Å². The average molecular weight is 475 g/mol. The van der Waals surface area contributed by atoms with Gasteiger partial charge in [-0.15, -0.1) is 0 Å². The number of sulfonamides is 1. The van der Waals surface area contributed by atoms with Gasteiger partial charge in [0.15, 0.2) is 0 Å². The number of hydrogen-bond acceptors (Lipinski definition) is 7. The zero-order valence-corrected chi connectivity index (χ0v) is 20.0. The third kappa shape index (κ3) is 4.83. The number of anilines is 1. The van der Waals surface area contributed by atoms with Gasteiger partial charge in [-0.1, -0.05) is 6.07 Å². The molecule has 0 bridgehead atoms. The summed E-state index contributed by atoms with van der Waals surface area (Å²) >= 11 is 0. The second-order valence-electron chi connectivity index (χ2n) is 8.80. The van der Waals surface area contributed by atoms with E-state index >= 15 is 0 Å². The van der Waals surface area contributed by atoms with Crippen LogP contribution in [-0.2, 0) is 22.9 Å². The maximum absolute atomic E-state index is 13.2. The second-order valence-corrected chi connectivity index (χ2v) is 10.5. The lowest BCUT2D eigenvalue weighted by Crippen LogP contribution is -2.45. The van der Waals surface area contributed by atoms with Crippen molar-refractivity contribution in [2.45, 2.75) is 37.1 Å². The number of nitrogens with zero attached hydrogens (tertiary/aromatic N) is 3. The molecule has 0 amide bonds. The van der Waals surface area contributed by atoms with Gasteiger partial charge >= 0.3 is 0 Å². The van der Waals surface area contributed by atoms with Crippen LogP contribution >= 0.6 is 0 Å². The van der Waals surface area contributed by atoms with Crippen LogP contribution in [0.25, 0.3) is 0 Å². The normalized spacial score (nSPS) is 19.2. The van der Waals surface area contributed by atoms with Gasteiger partial charge in [0.2, 0.25) is 10.0 Å². The highest BCUT2D eigenvalue weighted by Gasteiger charge is 2.30. The molecule has 33 heavy (non-hydrogen) atoms. The summed E-state index contributed by atoms with van der Waals surface area (Å²) in [7, 11) is -0.491.